The molecule has 6 heteroatoms. The second-order valence-electron chi connectivity index (χ2n) is 4.13. The molecule has 0 N–H and O–H groups in total. The number of ether oxygens (including phenoxy) is 1. The van der Waals surface area contributed by atoms with E-state index in [1.165, 1.54) is 6.92 Å². The molecule has 1 fully saturated rings. The molecule has 0 amide bonds. The summed E-state index contributed by atoms with van der Waals surface area (Å²) < 4.78 is 4.92. The van der Waals surface area contributed by atoms with Crippen LogP contribution in [0.25, 0.3) is 0 Å². The fourth-order valence-electron chi connectivity index (χ4n) is 1.88. The van der Waals surface area contributed by atoms with Crippen molar-refractivity contribution in [3.05, 3.63) is 0 Å². The van der Waals surface area contributed by atoms with E-state index >= 15 is 0 Å². The van der Waals surface area contributed by atoms with Gasteiger partial charge in [-0.1, -0.05) is 0 Å². The van der Waals surface area contributed by atoms with E-state index in [1.807, 2.05) is 0 Å². The quantitative estimate of drug-likeness (QED) is 0.478. The molecule has 1 saturated heterocycles. The van der Waals surface area contributed by atoms with Gasteiger partial charge in [-0.3, -0.25) is 14.6 Å². The lowest BCUT2D eigenvalue weighted by Gasteiger charge is -2.34. The van der Waals surface area contributed by atoms with Crippen molar-refractivity contribution in [1.82, 2.24) is 9.80 Å². The van der Waals surface area contributed by atoms with E-state index in [2.05, 4.69) is 15.9 Å². The summed E-state index contributed by atoms with van der Waals surface area (Å²) in [6, 6.07) is 2.12. The van der Waals surface area contributed by atoms with Crippen LogP contribution in [0.4, 0.5) is 0 Å². The van der Waals surface area contributed by atoms with Crippen LogP contribution in [-0.2, 0) is 14.6 Å². The number of nitriles is 1. The maximum atomic E-state index is 10.8. The summed E-state index contributed by atoms with van der Waals surface area (Å²) in [4.78, 5) is 14.9. The molecule has 95 valence electrons. The minimum Gasteiger partial charge on any atom is -0.459 e. The molecule has 17 heavy (non-hydrogen) atoms. The number of hydrogen-bond acceptors (Lipinski definition) is 5. The summed E-state index contributed by atoms with van der Waals surface area (Å²) in [7, 11) is 0. The highest BCUT2D eigenvalue weighted by atomic mass is 16.5. The van der Waals surface area contributed by atoms with Crippen LogP contribution in [0.5, 0.6) is 0 Å². The Kier molecular flexibility index (Phi) is 5.91. The van der Waals surface area contributed by atoms with Crippen molar-refractivity contribution in [2.45, 2.75) is 13.0 Å². The summed E-state index contributed by atoms with van der Waals surface area (Å²) >= 11 is 0. The predicted molar refractivity (Wildman–Crippen MR) is 59.6 cm³/mol. The Bertz CT molecular complexity index is 282. The Morgan fingerprint density at radius 3 is 2.41 bits per heavy atom. The molecule has 0 aromatic heterocycles. The summed E-state index contributed by atoms with van der Waals surface area (Å²) in [6.07, 6.45) is -0.560. The molecular formula is C11H18N3O3. The van der Waals surface area contributed by atoms with E-state index in [-0.39, 0.29) is 0 Å². The first-order valence-electron chi connectivity index (χ1n) is 5.72. The topological polar surface area (TPSA) is 76.5 Å². The van der Waals surface area contributed by atoms with Crippen molar-refractivity contribution < 1.29 is 14.6 Å². The van der Waals surface area contributed by atoms with Crippen molar-refractivity contribution >= 4 is 5.97 Å². The smallest absolute Gasteiger partial charge is 0.303 e. The number of nitrogens with zero attached hydrogens (tertiary/aromatic N) is 3. The number of piperazine rings is 1. The zero-order valence-electron chi connectivity index (χ0n) is 10.1. The summed E-state index contributed by atoms with van der Waals surface area (Å²) in [6.45, 7) is 5.09. The molecule has 0 aromatic carbocycles. The molecule has 0 bridgehead atoms. The van der Waals surface area contributed by atoms with Gasteiger partial charge in [0.05, 0.1) is 12.6 Å². The van der Waals surface area contributed by atoms with Crippen LogP contribution in [-0.4, -0.2) is 67.7 Å². The molecule has 0 spiro atoms. The average molecular weight is 240 g/mol. The maximum absolute atomic E-state index is 10.8. The van der Waals surface area contributed by atoms with Gasteiger partial charge >= 0.3 is 5.97 Å². The van der Waals surface area contributed by atoms with E-state index < -0.39 is 18.7 Å². The zero-order valence-corrected chi connectivity index (χ0v) is 10.1. The molecule has 1 rings (SSSR count). The first kappa shape index (κ1) is 13.9. The first-order chi connectivity index (χ1) is 8.15. The molecule has 0 saturated carbocycles. The predicted octanol–water partition coefficient (Wildman–Crippen LogP) is -0.510. The third-order valence-electron chi connectivity index (χ3n) is 2.74. The van der Waals surface area contributed by atoms with Crippen LogP contribution in [0.15, 0.2) is 0 Å². The third kappa shape index (κ3) is 5.13. The number of hydrogen-bond donors (Lipinski definition) is 0. The highest BCUT2D eigenvalue weighted by Gasteiger charge is 2.21. The van der Waals surface area contributed by atoms with Gasteiger partial charge in [-0.05, 0) is 0 Å². The van der Waals surface area contributed by atoms with Gasteiger partial charge in [-0.25, -0.2) is 5.11 Å². The lowest BCUT2D eigenvalue weighted by Crippen LogP contribution is -2.49. The van der Waals surface area contributed by atoms with Gasteiger partial charge in [0.25, 0.3) is 0 Å². The number of esters is 1. The van der Waals surface area contributed by atoms with Crippen molar-refractivity contribution in [3.8, 4) is 6.07 Å². The monoisotopic (exact) mass is 240 g/mol. The van der Waals surface area contributed by atoms with E-state index in [9.17, 15) is 9.90 Å². The highest BCUT2D eigenvalue weighted by Crippen LogP contribution is 2.04. The second kappa shape index (κ2) is 7.22. The van der Waals surface area contributed by atoms with Crippen molar-refractivity contribution in [1.29, 1.82) is 5.26 Å². The van der Waals surface area contributed by atoms with Crippen molar-refractivity contribution in [2.75, 3.05) is 45.9 Å². The summed E-state index contributed by atoms with van der Waals surface area (Å²) in [5, 5.41) is 19.4. The standard InChI is InChI=1S/C11H18N3O3/c1-10(16)17-11(9-15)8-14-6-4-13(3-2-12)5-7-14/h11H,3-9H2,1H3. The number of carbonyl (C=O) groups is 1. The Balaban J connectivity index is 2.29. The summed E-state index contributed by atoms with van der Waals surface area (Å²) in [5.74, 6) is -0.408. The molecule has 1 heterocycles. The van der Waals surface area contributed by atoms with Gasteiger partial charge in [0, 0.05) is 39.6 Å². The molecule has 1 aliphatic rings. The average Bonchev–Trinajstić information content (AvgIpc) is 2.30. The first-order valence-corrected chi connectivity index (χ1v) is 5.72. The molecule has 1 aliphatic heterocycles. The number of rotatable bonds is 5. The minimum absolute atomic E-state index is 0.405. The van der Waals surface area contributed by atoms with E-state index in [0.717, 1.165) is 26.2 Å². The zero-order chi connectivity index (χ0) is 12.7. The Morgan fingerprint density at radius 1 is 1.35 bits per heavy atom. The SMILES string of the molecule is CC(=O)OC(C[O])CN1CCN(CC#N)CC1. The minimum atomic E-state index is -0.560. The van der Waals surface area contributed by atoms with Gasteiger partial charge in [0.1, 0.15) is 12.7 Å². The van der Waals surface area contributed by atoms with Crippen molar-refractivity contribution in [3.63, 3.8) is 0 Å². The molecular weight excluding hydrogens is 222 g/mol. The fourth-order valence-corrected chi connectivity index (χ4v) is 1.88. The van der Waals surface area contributed by atoms with Gasteiger partial charge in [-0.15, -0.1) is 0 Å². The largest absolute Gasteiger partial charge is 0.459 e. The van der Waals surface area contributed by atoms with Gasteiger partial charge in [0.15, 0.2) is 0 Å². The maximum Gasteiger partial charge on any atom is 0.303 e. The fraction of sp³-hybridized carbons (Fsp3) is 0.818. The number of carbonyl (C=O) groups excluding carboxylic acids is 1. The molecule has 6 nitrogen and oxygen atoms in total. The molecule has 1 unspecified atom stereocenters. The van der Waals surface area contributed by atoms with Crippen LogP contribution in [0.2, 0.25) is 0 Å². The van der Waals surface area contributed by atoms with E-state index in [1.54, 1.807) is 0 Å². The van der Waals surface area contributed by atoms with Gasteiger partial charge < -0.3 is 4.74 Å². The van der Waals surface area contributed by atoms with Crippen molar-refractivity contribution in [2.24, 2.45) is 0 Å². The van der Waals surface area contributed by atoms with Crippen LogP contribution >= 0.6 is 0 Å². The van der Waals surface area contributed by atoms with Crippen LogP contribution in [0.3, 0.4) is 0 Å². The summed E-state index contributed by atoms with van der Waals surface area (Å²) in [5.41, 5.74) is 0. The van der Waals surface area contributed by atoms with Gasteiger partial charge in [-0.2, -0.15) is 5.26 Å². The molecule has 1 radical (unpaired) electrons. The Hall–Kier alpha value is -1.16. The van der Waals surface area contributed by atoms with Crippen LogP contribution in [0, 0.1) is 11.3 Å². The van der Waals surface area contributed by atoms with Gasteiger partial charge in [0.2, 0.25) is 0 Å². The van der Waals surface area contributed by atoms with E-state index in [4.69, 9.17) is 10.00 Å². The van der Waals surface area contributed by atoms with Crippen LogP contribution in [0.1, 0.15) is 6.92 Å². The highest BCUT2D eigenvalue weighted by molar-refractivity contribution is 5.66. The molecule has 0 aliphatic carbocycles. The third-order valence-corrected chi connectivity index (χ3v) is 2.74. The molecule has 1 atom stereocenters. The Labute approximate surface area is 101 Å². The molecule has 0 aromatic rings. The normalized spacial score (nSPS) is 19.6. The van der Waals surface area contributed by atoms with E-state index in [0.29, 0.717) is 13.1 Å². The second-order valence-corrected chi connectivity index (χ2v) is 4.13. The van der Waals surface area contributed by atoms with Crippen LogP contribution < -0.4 is 0 Å². The lowest BCUT2D eigenvalue weighted by atomic mass is 10.2. The lowest BCUT2D eigenvalue weighted by molar-refractivity contribution is -0.150. The Morgan fingerprint density at radius 2 is 1.94 bits per heavy atom.